The van der Waals surface area contributed by atoms with Gasteiger partial charge in [0.05, 0.1) is 18.5 Å². The van der Waals surface area contributed by atoms with E-state index in [0.717, 1.165) is 39.3 Å². The maximum Gasteiger partial charge on any atom is 0.233 e. The van der Waals surface area contributed by atoms with E-state index >= 15 is 0 Å². The van der Waals surface area contributed by atoms with E-state index in [9.17, 15) is 4.79 Å². The largest absolute Gasteiger partial charge is 0.379 e. The maximum absolute atomic E-state index is 12.5. The number of nitrogens with zero attached hydrogens (tertiary/aromatic N) is 1. The van der Waals surface area contributed by atoms with Crippen molar-refractivity contribution in [1.29, 1.82) is 0 Å². The zero-order chi connectivity index (χ0) is 16.2. The predicted octanol–water partition coefficient (Wildman–Crippen LogP) is 2.18. The Morgan fingerprint density at radius 3 is 2.78 bits per heavy atom. The number of carbonyl (C=O) groups excluding carboxylic acids is 1. The zero-order valence-corrected chi connectivity index (χ0v) is 14.8. The summed E-state index contributed by atoms with van der Waals surface area (Å²) in [6.45, 7) is 8.70. The van der Waals surface area contributed by atoms with E-state index in [1.165, 1.54) is 10.5 Å². The SMILES string of the molecule is CC(C)[C@@H](CNC(=O)[C@@H]1Cc2ccccc2S1)N1CCOCC1. The number of benzene rings is 1. The van der Waals surface area contributed by atoms with Gasteiger partial charge in [-0.2, -0.15) is 0 Å². The molecule has 2 aliphatic heterocycles. The summed E-state index contributed by atoms with van der Waals surface area (Å²) in [6.07, 6.45) is 0.844. The lowest BCUT2D eigenvalue weighted by Gasteiger charge is -2.37. The van der Waals surface area contributed by atoms with E-state index < -0.39 is 0 Å². The minimum absolute atomic E-state index is 0.0184. The maximum atomic E-state index is 12.5. The average molecular weight is 334 g/mol. The molecule has 1 amide bonds. The third-order valence-corrected chi connectivity index (χ3v) is 6.03. The molecule has 1 fully saturated rings. The van der Waals surface area contributed by atoms with E-state index in [0.29, 0.717) is 12.0 Å². The van der Waals surface area contributed by atoms with Gasteiger partial charge in [0, 0.05) is 30.6 Å². The summed E-state index contributed by atoms with van der Waals surface area (Å²) in [5, 5.41) is 3.21. The molecule has 0 aromatic heterocycles. The summed E-state index contributed by atoms with van der Waals surface area (Å²) < 4.78 is 5.44. The van der Waals surface area contributed by atoms with Crippen LogP contribution in [0, 0.1) is 5.92 Å². The van der Waals surface area contributed by atoms with Gasteiger partial charge in [0.25, 0.3) is 0 Å². The number of hydrogen-bond acceptors (Lipinski definition) is 4. The first-order valence-electron chi connectivity index (χ1n) is 8.49. The number of rotatable bonds is 5. The summed E-state index contributed by atoms with van der Waals surface area (Å²) in [6, 6.07) is 8.71. The molecule has 5 heteroatoms. The van der Waals surface area contributed by atoms with Crippen LogP contribution in [0.3, 0.4) is 0 Å². The van der Waals surface area contributed by atoms with Gasteiger partial charge >= 0.3 is 0 Å². The molecule has 3 rings (SSSR count). The van der Waals surface area contributed by atoms with Crippen molar-refractivity contribution >= 4 is 17.7 Å². The molecular formula is C18H26N2O2S. The average Bonchev–Trinajstić information content (AvgIpc) is 2.99. The Balaban J connectivity index is 1.53. The van der Waals surface area contributed by atoms with Gasteiger partial charge in [0.2, 0.25) is 5.91 Å². The molecule has 1 N–H and O–H groups in total. The third-order valence-electron chi connectivity index (χ3n) is 4.71. The Morgan fingerprint density at radius 1 is 1.35 bits per heavy atom. The normalized spacial score (nSPS) is 22.8. The van der Waals surface area contributed by atoms with Gasteiger partial charge in [-0.3, -0.25) is 9.69 Å². The van der Waals surface area contributed by atoms with Gasteiger partial charge in [0.15, 0.2) is 0 Å². The van der Waals surface area contributed by atoms with E-state index in [-0.39, 0.29) is 11.2 Å². The van der Waals surface area contributed by atoms with Crippen molar-refractivity contribution in [2.45, 2.75) is 36.5 Å². The molecular weight excluding hydrogens is 308 g/mol. The molecule has 23 heavy (non-hydrogen) atoms. The second kappa shape index (κ2) is 7.69. The van der Waals surface area contributed by atoms with Gasteiger partial charge in [-0.25, -0.2) is 0 Å². The van der Waals surface area contributed by atoms with Crippen LogP contribution >= 0.6 is 11.8 Å². The minimum atomic E-state index is 0.0184. The number of hydrogen-bond donors (Lipinski definition) is 1. The van der Waals surface area contributed by atoms with Gasteiger partial charge in [0.1, 0.15) is 0 Å². The number of carbonyl (C=O) groups is 1. The molecule has 4 nitrogen and oxygen atoms in total. The molecule has 126 valence electrons. The molecule has 1 saturated heterocycles. The van der Waals surface area contributed by atoms with Crippen molar-refractivity contribution in [2.75, 3.05) is 32.8 Å². The number of amides is 1. The Bertz CT molecular complexity index is 519. The quantitative estimate of drug-likeness (QED) is 0.896. The number of ether oxygens (including phenoxy) is 1. The molecule has 1 aromatic rings. The first-order chi connectivity index (χ1) is 11.1. The van der Waals surface area contributed by atoms with Crippen molar-refractivity contribution in [3.05, 3.63) is 29.8 Å². The Kier molecular flexibility index (Phi) is 5.62. The molecule has 0 spiro atoms. The van der Waals surface area contributed by atoms with Crippen LogP contribution in [0.25, 0.3) is 0 Å². The van der Waals surface area contributed by atoms with Crippen LogP contribution < -0.4 is 5.32 Å². The van der Waals surface area contributed by atoms with E-state index in [4.69, 9.17) is 4.74 Å². The van der Waals surface area contributed by atoms with E-state index in [1.54, 1.807) is 11.8 Å². The molecule has 0 saturated carbocycles. The van der Waals surface area contributed by atoms with Crippen LogP contribution in [0.15, 0.2) is 29.2 Å². The van der Waals surface area contributed by atoms with Gasteiger partial charge in [-0.15, -0.1) is 11.8 Å². The van der Waals surface area contributed by atoms with Crippen molar-refractivity contribution in [3.63, 3.8) is 0 Å². The van der Waals surface area contributed by atoms with Crippen LogP contribution in [0.5, 0.6) is 0 Å². The standard InChI is InChI=1S/C18H26N2O2S/c1-13(2)15(20-7-9-22-10-8-20)12-19-18(21)17-11-14-5-3-4-6-16(14)23-17/h3-6,13,15,17H,7-12H2,1-2H3,(H,19,21)/t15-,17+/m1/s1. The van der Waals surface area contributed by atoms with Crippen molar-refractivity contribution < 1.29 is 9.53 Å². The topological polar surface area (TPSA) is 41.6 Å². The summed E-state index contributed by atoms with van der Waals surface area (Å²) in [4.78, 5) is 16.2. The number of nitrogens with one attached hydrogen (secondary N) is 1. The Hall–Kier alpha value is -1.04. The van der Waals surface area contributed by atoms with Crippen LogP contribution in [-0.4, -0.2) is 54.9 Å². The number of morpholine rings is 1. The lowest BCUT2D eigenvalue weighted by Crippen LogP contribution is -2.52. The summed E-state index contributed by atoms with van der Waals surface area (Å²) >= 11 is 1.69. The highest BCUT2D eigenvalue weighted by atomic mass is 32.2. The van der Waals surface area contributed by atoms with E-state index in [1.807, 2.05) is 12.1 Å². The molecule has 2 aliphatic rings. The number of thioether (sulfide) groups is 1. The highest BCUT2D eigenvalue weighted by Crippen LogP contribution is 2.36. The Labute approximate surface area is 143 Å². The zero-order valence-electron chi connectivity index (χ0n) is 14.0. The fraction of sp³-hybridized carbons (Fsp3) is 0.611. The lowest BCUT2D eigenvalue weighted by atomic mass is 10.0. The fourth-order valence-corrected chi connectivity index (χ4v) is 4.56. The van der Waals surface area contributed by atoms with Gasteiger partial charge in [-0.1, -0.05) is 32.0 Å². The second-order valence-corrected chi connectivity index (χ2v) is 7.87. The first-order valence-corrected chi connectivity index (χ1v) is 9.37. The molecule has 0 radical (unpaired) electrons. The van der Waals surface area contributed by atoms with Crippen LogP contribution in [0.4, 0.5) is 0 Å². The van der Waals surface area contributed by atoms with Crippen molar-refractivity contribution in [1.82, 2.24) is 10.2 Å². The molecule has 1 aromatic carbocycles. The summed E-state index contributed by atoms with van der Waals surface area (Å²) in [5.41, 5.74) is 1.30. The summed E-state index contributed by atoms with van der Waals surface area (Å²) in [7, 11) is 0. The molecule has 2 atom stereocenters. The van der Waals surface area contributed by atoms with Crippen LogP contribution in [0.2, 0.25) is 0 Å². The molecule has 0 aliphatic carbocycles. The molecule has 0 bridgehead atoms. The van der Waals surface area contributed by atoms with Crippen molar-refractivity contribution in [3.8, 4) is 0 Å². The van der Waals surface area contributed by atoms with Gasteiger partial charge in [-0.05, 0) is 24.0 Å². The fourth-order valence-electron chi connectivity index (χ4n) is 3.34. The van der Waals surface area contributed by atoms with E-state index in [2.05, 4.69) is 36.2 Å². The lowest BCUT2D eigenvalue weighted by molar-refractivity contribution is -0.121. The first kappa shape index (κ1) is 16.8. The third kappa shape index (κ3) is 4.08. The van der Waals surface area contributed by atoms with Crippen molar-refractivity contribution in [2.24, 2.45) is 5.92 Å². The Morgan fingerprint density at radius 2 is 2.09 bits per heavy atom. The second-order valence-electron chi connectivity index (χ2n) is 6.62. The highest BCUT2D eigenvalue weighted by Gasteiger charge is 2.29. The van der Waals surface area contributed by atoms with Gasteiger partial charge < -0.3 is 10.1 Å². The molecule has 0 unspecified atom stereocenters. The van der Waals surface area contributed by atoms with Crippen LogP contribution in [0.1, 0.15) is 19.4 Å². The summed E-state index contributed by atoms with van der Waals surface area (Å²) in [5.74, 6) is 0.687. The van der Waals surface area contributed by atoms with Crippen LogP contribution in [-0.2, 0) is 16.0 Å². The highest BCUT2D eigenvalue weighted by molar-refractivity contribution is 8.01. The predicted molar refractivity (Wildman–Crippen MR) is 93.8 cm³/mol. The molecule has 2 heterocycles. The smallest absolute Gasteiger partial charge is 0.233 e. The number of fused-ring (bicyclic) bond motifs is 1. The minimum Gasteiger partial charge on any atom is -0.379 e. The monoisotopic (exact) mass is 334 g/mol.